The number of nitrogens with one attached hydrogen (secondary N) is 2. The normalized spacial score (nSPS) is 10.8. The van der Waals surface area contributed by atoms with Crippen LogP contribution in [0.4, 0.5) is 11.5 Å². The Morgan fingerprint density at radius 1 is 1.08 bits per heavy atom. The van der Waals surface area contributed by atoms with Crippen molar-refractivity contribution in [1.82, 2.24) is 14.7 Å². The maximum absolute atomic E-state index is 11.9. The van der Waals surface area contributed by atoms with Crippen LogP contribution in [0, 0.1) is 0 Å². The largest absolute Gasteiger partial charge is 0.489 e. The molecule has 1 aromatic heterocycles. The maximum Gasteiger partial charge on any atom is 0.264 e. The Bertz CT molecular complexity index is 837. The minimum atomic E-state index is -3.87. The van der Waals surface area contributed by atoms with Crippen LogP contribution < -0.4 is 19.5 Å². The lowest BCUT2D eigenvalue weighted by Gasteiger charge is -2.12. The molecule has 128 valence electrons. The highest BCUT2D eigenvalue weighted by Gasteiger charge is 2.16. The van der Waals surface area contributed by atoms with Gasteiger partial charge in [-0.2, -0.15) is 4.98 Å². The second kappa shape index (κ2) is 7.13. The van der Waals surface area contributed by atoms with Crippen molar-refractivity contribution < 1.29 is 22.7 Å². The number of hydrogen-bond donors (Lipinski definition) is 2. The minimum absolute atomic E-state index is 0.0320. The van der Waals surface area contributed by atoms with Gasteiger partial charge in [-0.3, -0.25) is 4.79 Å². The molecule has 1 amide bonds. The van der Waals surface area contributed by atoms with E-state index in [1.54, 1.807) is 0 Å². The lowest BCUT2D eigenvalue weighted by molar-refractivity contribution is -0.117. The highest BCUT2D eigenvalue weighted by atomic mass is 32.2. The van der Waals surface area contributed by atoms with E-state index in [1.807, 2.05) is 4.72 Å². The maximum atomic E-state index is 11.9. The van der Waals surface area contributed by atoms with E-state index in [-0.39, 0.29) is 10.8 Å². The summed E-state index contributed by atoms with van der Waals surface area (Å²) in [6.07, 6.45) is 1.30. The lowest BCUT2D eigenvalue weighted by atomic mass is 10.3. The van der Waals surface area contributed by atoms with Crippen LogP contribution in [-0.4, -0.2) is 38.5 Å². The summed E-state index contributed by atoms with van der Waals surface area (Å²) >= 11 is 0. The van der Waals surface area contributed by atoms with E-state index in [0.717, 1.165) is 6.92 Å². The summed E-state index contributed by atoms with van der Waals surface area (Å²) in [6, 6.07) is 5.78. The van der Waals surface area contributed by atoms with Gasteiger partial charge in [-0.25, -0.2) is 18.1 Å². The first-order chi connectivity index (χ1) is 11.4. The van der Waals surface area contributed by atoms with Crippen molar-refractivity contribution in [2.45, 2.75) is 11.8 Å². The van der Waals surface area contributed by atoms with E-state index < -0.39 is 15.9 Å². The Hall–Kier alpha value is -2.88. The lowest BCUT2D eigenvalue weighted by Crippen LogP contribution is -2.28. The molecule has 0 aliphatic rings. The number of carbonyl (C=O) groups excluding carboxylic acids is 1. The Morgan fingerprint density at radius 2 is 1.75 bits per heavy atom. The van der Waals surface area contributed by atoms with Crippen LogP contribution >= 0.6 is 0 Å². The van der Waals surface area contributed by atoms with E-state index in [1.165, 1.54) is 44.8 Å². The second-order valence-corrected chi connectivity index (χ2v) is 6.26. The number of anilines is 2. The molecular formula is C14H16N4O5S. The minimum Gasteiger partial charge on any atom is -0.489 e. The highest BCUT2D eigenvalue weighted by Crippen LogP contribution is 2.32. The molecule has 2 N–H and O–H groups in total. The molecule has 0 saturated carbocycles. The number of ether oxygens (including phenoxy) is 2. The van der Waals surface area contributed by atoms with Crippen molar-refractivity contribution in [1.29, 1.82) is 0 Å². The van der Waals surface area contributed by atoms with Gasteiger partial charge in [-0.05, 0) is 24.3 Å². The molecule has 10 heteroatoms. The molecule has 0 fully saturated rings. The molecule has 0 unspecified atom stereocenters. The van der Waals surface area contributed by atoms with Crippen LogP contribution in [0.2, 0.25) is 0 Å². The van der Waals surface area contributed by atoms with E-state index in [9.17, 15) is 13.2 Å². The Labute approximate surface area is 139 Å². The van der Waals surface area contributed by atoms with Gasteiger partial charge >= 0.3 is 0 Å². The zero-order chi connectivity index (χ0) is 17.7. The number of sulfonamides is 1. The van der Waals surface area contributed by atoms with E-state index in [4.69, 9.17) is 9.47 Å². The molecular weight excluding hydrogens is 336 g/mol. The zero-order valence-electron chi connectivity index (χ0n) is 13.2. The van der Waals surface area contributed by atoms with Crippen LogP contribution in [-0.2, 0) is 14.8 Å². The second-order valence-electron chi connectivity index (χ2n) is 4.58. The number of benzene rings is 1. The van der Waals surface area contributed by atoms with Gasteiger partial charge in [-0.15, -0.1) is 0 Å². The molecule has 0 saturated heterocycles. The first-order valence-electron chi connectivity index (χ1n) is 6.71. The van der Waals surface area contributed by atoms with E-state index in [0.29, 0.717) is 17.3 Å². The average Bonchev–Trinajstić information content (AvgIpc) is 2.54. The van der Waals surface area contributed by atoms with Crippen LogP contribution in [0.25, 0.3) is 0 Å². The van der Waals surface area contributed by atoms with Crippen LogP contribution in [0.5, 0.6) is 11.6 Å². The summed E-state index contributed by atoms with van der Waals surface area (Å²) in [5.74, 6) is 0.284. The van der Waals surface area contributed by atoms with Gasteiger partial charge in [0.25, 0.3) is 15.9 Å². The van der Waals surface area contributed by atoms with Gasteiger partial charge in [0.15, 0.2) is 5.82 Å². The van der Waals surface area contributed by atoms with Gasteiger partial charge in [0.05, 0.1) is 19.1 Å². The summed E-state index contributed by atoms with van der Waals surface area (Å²) < 4.78 is 36.0. The molecule has 1 aromatic carbocycles. The molecule has 2 aromatic rings. The topological polar surface area (TPSA) is 120 Å². The SMILES string of the molecule is COc1ncnc(Nc2ccc(S(=O)(=O)NC(C)=O)cc2)c1OC. The molecule has 0 bridgehead atoms. The van der Waals surface area contributed by atoms with Gasteiger partial charge in [-0.1, -0.05) is 0 Å². The molecule has 0 aliphatic carbocycles. The van der Waals surface area contributed by atoms with E-state index >= 15 is 0 Å². The molecule has 1 heterocycles. The monoisotopic (exact) mass is 352 g/mol. The zero-order valence-corrected chi connectivity index (χ0v) is 14.0. The number of methoxy groups -OCH3 is 2. The van der Waals surface area contributed by atoms with Gasteiger partial charge < -0.3 is 14.8 Å². The molecule has 0 atom stereocenters. The summed E-state index contributed by atoms with van der Waals surface area (Å²) in [5, 5.41) is 2.98. The van der Waals surface area contributed by atoms with Crippen molar-refractivity contribution in [2.24, 2.45) is 0 Å². The standard InChI is InChI=1S/C14H16N4O5S/c1-9(19)18-24(20,21)11-6-4-10(5-7-11)17-13-12(22-2)14(23-3)16-8-15-13/h4-8H,1-3H3,(H,18,19)(H,15,16,17). The van der Waals surface area contributed by atoms with Crippen LogP contribution in [0.15, 0.2) is 35.5 Å². The van der Waals surface area contributed by atoms with Gasteiger partial charge in [0.2, 0.25) is 11.7 Å². The van der Waals surface area contributed by atoms with Crippen molar-refractivity contribution >= 4 is 27.4 Å². The molecule has 0 aliphatic heterocycles. The third-order valence-corrected chi connectivity index (χ3v) is 4.32. The number of aromatic nitrogens is 2. The number of nitrogens with zero attached hydrogens (tertiary/aromatic N) is 2. The smallest absolute Gasteiger partial charge is 0.264 e. The van der Waals surface area contributed by atoms with Crippen molar-refractivity contribution in [3.05, 3.63) is 30.6 Å². The van der Waals surface area contributed by atoms with Crippen molar-refractivity contribution in [3.8, 4) is 11.6 Å². The Balaban J connectivity index is 2.26. The van der Waals surface area contributed by atoms with Crippen LogP contribution in [0.1, 0.15) is 6.92 Å². The molecule has 2 rings (SSSR count). The number of amides is 1. The number of rotatable bonds is 6. The van der Waals surface area contributed by atoms with E-state index in [2.05, 4.69) is 15.3 Å². The van der Waals surface area contributed by atoms with Crippen molar-refractivity contribution in [2.75, 3.05) is 19.5 Å². The Kier molecular flexibility index (Phi) is 5.19. The fraction of sp³-hybridized carbons (Fsp3) is 0.214. The summed E-state index contributed by atoms with van der Waals surface area (Å²) in [7, 11) is -0.962. The predicted molar refractivity (Wildman–Crippen MR) is 85.9 cm³/mol. The Morgan fingerprint density at radius 3 is 2.29 bits per heavy atom. The van der Waals surface area contributed by atoms with Crippen molar-refractivity contribution in [3.63, 3.8) is 0 Å². The number of carbonyl (C=O) groups is 1. The number of hydrogen-bond acceptors (Lipinski definition) is 8. The molecule has 24 heavy (non-hydrogen) atoms. The third-order valence-electron chi connectivity index (χ3n) is 2.87. The average molecular weight is 352 g/mol. The summed E-state index contributed by atoms with van der Waals surface area (Å²) in [5.41, 5.74) is 0.566. The van der Waals surface area contributed by atoms with Gasteiger partial charge in [0, 0.05) is 12.6 Å². The summed E-state index contributed by atoms with van der Waals surface area (Å²) in [6.45, 7) is 1.13. The van der Waals surface area contributed by atoms with Crippen LogP contribution in [0.3, 0.4) is 0 Å². The summed E-state index contributed by atoms with van der Waals surface area (Å²) in [4.78, 5) is 18.9. The molecule has 0 radical (unpaired) electrons. The fourth-order valence-electron chi connectivity index (χ4n) is 1.88. The van der Waals surface area contributed by atoms with Gasteiger partial charge in [0.1, 0.15) is 6.33 Å². The first-order valence-corrected chi connectivity index (χ1v) is 8.19. The third kappa shape index (κ3) is 3.90. The fourth-order valence-corrected chi connectivity index (χ4v) is 2.87. The predicted octanol–water partition coefficient (Wildman–Crippen LogP) is 1.06. The molecule has 9 nitrogen and oxygen atoms in total. The first kappa shape index (κ1) is 17.5. The highest BCUT2D eigenvalue weighted by molar-refractivity contribution is 7.90. The quantitative estimate of drug-likeness (QED) is 0.792. The molecule has 0 spiro atoms.